The fourth-order valence-corrected chi connectivity index (χ4v) is 2.02. The summed E-state index contributed by atoms with van der Waals surface area (Å²) in [4.78, 5) is 11.9. The van der Waals surface area contributed by atoms with Crippen molar-refractivity contribution < 1.29 is 12.8 Å². The van der Waals surface area contributed by atoms with Crippen molar-refractivity contribution in [1.82, 2.24) is 15.0 Å². The zero-order valence-electron chi connectivity index (χ0n) is 9.84. The van der Waals surface area contributed by atoms with Gasteiger partial charge in [0.2, 0.25) is 15.0 Å². The summed E-state index contributed by atoms with van der Waals surface area (Å²) in [5, 5.41) is -0.211. The molecule has 0 unspecified atom stereocenters. The highest BCUT2D eigenvalue weighted by Gasteiger charge is 2.18. The average Bonchev–Trinajstić information content (AvgIpc) is 2.62. The van der Waals surface area contributed by atoms with Crippen LogP contribution in [0.1, 0.15) is 19.5 Å². The molecule has 0 amide bonds. The fourth-order valence-electron chi connectivity index (χ4n) is 1.49. The highest BCUT2D eigenvalue weighted by atomic mass is 32.2. The summed E-state index contributed by atoms with van der Waals surface area (Å²) in [7, 11) is -3.44. The summed E-state index contributed by atoms with van der Waals surface area (Å²) >= 11 is 0. The Morgan fingerprint density at radius 1 is 1.35 bits per heavy atom. The number of nitrogens with zero attached hydrogens (tertiary/aromatic N) is 3. The van der Waals surface area contributed by atoms with E-state index >= 15 is 0 Å². The second-order valence-electron chi connectivity index (χ2n) is 4.33. The summed E-state index contributed by atoms with van der Waals surface area (Å²) in [5.41, 5.74) is 1.36. The first kappa shape index (κ1) is 12.0. The Bertz CT molecular complexity index is 646. The molecule has 0 aliphatic heterocycles. The van der Waals surface area contributed by atoms with Crippen LogP contribution in [0.2, 0.25) is 0 Å². The summed E-state index contributed by atoms with van der Waals surface area (Å²) < 4.78 is 27.9. The second-order valence-corrected chi connectivity index (χ2v) is 6.24. The van der Waals surface area contributed by atoms with E-state index in [0.717, 1.165) is 6.26 Å². The van der Waals surface area contributed by atoms with Gasteiger partial charge in [-0.1, -0.05) is 13.8 Å². The van der Waals surface area contributed by atoms with Crippen molar-refractivity contribution in [2.75, 3.05) is 6.26 Å². The summed E-state index contributed by atoms with van der Waals surface area (Å²) in [6.07, 6.45) is 2.95. The van der Waals surface area contributed by atoms with Crippen molar-refractivity contribution in [3.8, 4) is 0 Å². The molecule has 0 aliphatic carbocycles. The van der Waals surface area contributed by atoms with E-state index in [1.165, 1.54) is 6.39 Å². The van der Waals surface area contributed by atoms with Crippen LogP contribution in [0.15, 0.2) is 16.0 Å². The monoisotopic (exact) mass is 255 g/mol. The molecule has 0 aromatic carbocycles. The Balaban J connectivity index is 2.67. The van der Waals surface area contributed by atoms with Crippen LogP contribution in [0.3, 0.4) is 0 Å². The van der Waals surface area contributed by atoms with E-state index in [1.807, 2.05) is 13.8 Å². The van der Waals surface area contributed by atoms with E-state index < -0.39 is 9.84 Å². The molecule has 0 aliphatic rings. The van der Waals surface area contributed by atoms with Crippen LogP contribution in [0.4, 0.5) is 0 Å². The molecule has 0 N–H and O–H groups in total. The van der Waals surface area contributed by atoms with Crippen LogP contribution in [-0.2, 0) is 16.3 Å². The molecule has 0 spiro atoms. The normalized spacial score (nSPS) is 12.5. The molecule has 0 saturated carbocycles. The standard InChI is InChI=1S/C10H13N3O3S/c1-6(2)4-7-8-9(16-5-11-8)13-10(12-7)17(3,14)15/h5-6H,4H2,1-3H3. The first-order valence-electron chi connectivity index (χ1n) is 5.18. The maximum Gasteiger partial charge on any atom is 0.251 e. The summed E-state index contributed by atoms with van der Waals surface area (Å²) in [6.45, 7) is 4.04. The van der Waals surface area contributed by atoms with Crippen molar-refractivity contribution in [1.29, 1.82) is 0 Å². The number of fused-ring (bicyclic) bond motifs is 1. The fraction of sp³-hybridized carbons (Fsp3) is 0.500. The number of oxazole rings is 1. The third-order valence-corrected chi connectivity index (χ3v) is 3.03. The smallest absolute Gasteiger partial charge is 0.251 e. The highest BCUT2D eigenvalue weighted by Crippen LogP contribution is 2.18. The lowest BCUT2D eigenvalue weighted by atomic mass is 10.1. The van der Waals surface area contributed by atoms with E-state index in [9.17, 15) is 8.42 Å². The lowest BCUT2D eigenvalue weighted by Crippen LogP contribution is -2.08. The molecule has 2 aromatic rings. The van der Waals surface area contributed by atoms with Gasteiger partial charge in [0, 0.05) is 6.26 Å². The van der Waals surface area contributed by atoms with E-state index in [1.54, 1.807) is 0 Å². The topological polar surface area (TPSA) is 86.0 Å². The van der Waals surface area contributed by atoms with Gasteiger partial charge in [-0.2, -0.15) is 4.98 Å². The second kappa shape index (κ2) is 4.06. The molecule has 0 atom stereocenters. The lowest BCUT2D eigenvalue weighted by Gasteiger charge is -2.05. The van der Waals surface area contributed by atoms with E-state index in [4.69, 9.17) is 4.42 Å². The van der Waals surface area contributed by atoms with Crippen LogP contribution < -0.4 is 0 Å². The Kier molecular flexibility index (Phi) is 2.86. The van der Waals surface area contributed by atoms with Crippen molar-refractivity contribution in [2.24, 2.45) is 5.92 Å². The highest BCUT2D eigenvalue weighted by molar-refractivity contribution is 7.90. The van der Waals surface area contributed by atoms with Crippen molar-refractivity contribution in [3.63, 3.8) is 0 Å². The molecular formula is C10H13N3O3S. The minimum absolute atomic E-state index is 0.211. The Labute approximate surface area is 99.0 Å². The summed E-state index contributed by atoms with van der Waals surface area (Å²) in [6, 6.07) is 0. The average molecular weight is 255 g/mol. The Hall–Kier alpha value is -1.50. The van der Waals surface area contributed by atoms with Crippen molar-refractivity contribution >= 4 is 21.1 Å². The third kappa shape index (κ3) is 2.44. The minimum atomic E-state index is -3.44. The van der Waals surface area contributed by atoms with Crippen molar-refractivity contribution in [3.05, 3.63) is 12.1 Å². The van der Waals surface area contributed by atoms with Gasteiger partial charge >= 0.3 is 0 Å². The molecule has 7 heteroatoms. The van der Waals surface area contributed by atoms with Gasteiger partial charge in [-0.15, -0.1) is 0 Å². The Morgan fingerprint density at radius 3 is 2.65 bits per heavy atom. The Morgan fingerprint density at radius 2 is 2.06 bits per heavy atom. The van der Waals surface area contributed by atoms with Gasteiger partial charge in [0.1, 0.15) is 0 Å². The van der Waals surface area contributed by atoms with Gasteiger partial charge in [0.25, 0.3) is 5.71 Å². The first-order chi connectivity index (χ1) is 7.88. The number of aromatic nitrogens is 3. The maximum atomic E-state index is 11.4. The number of hydrogen-bond donors (Lipinski definition) is 0. The molecular weight excluding hydrogens is 242 g/mol. The molecule has 6 nitrogen and oxygen atoms in total. The van der Waals surface area contributed by atoms with Gasteiger partial charge in [0.15, 0.2) is 11.9 Å². The predicted molar refractivity (Wildman–Crippen MR) is 61.3 cm³/mol. The molecule has 92 valence electrons. The lowest BCUT2D eigenvalue weighted by molar-refractivity contribution is 0.569. The van der Waals surface area contributed by atoms with E-state index in [0.29, 0.717) is 23.5 Å². The minimum Gasteiger partial charge on any atom is -0.425 e. The summed E-state index contributed by atoms with van der Waals surface area (Å²) in [5.74, 6) is 0.345. The molecule has 2 rings (SSSR count). The number of hydrogen-bond acceptors (Lipinski definition) is 6. The molecule has 0 fully saturated rings. The number of sulfone groups is 1. The van der Waals surface area contributed by atoms with Crippen LogP contribution in [-0.4, -0.2) is 29.6 Å². The van der Waals surface area contributed by atoms with Crippen LogP contribution in [0, 0.1) is 5.92 Å². The largest absolute Gasteiger partial charge is 0.425 e. The zero-order chi connectivity index (χ0) is 12.6. The van der Waals surface area contributed by atoms with Gasteiger partial charge in [-0.05, 0) is 12.3 Å². The van der Waals surface area contributed by atoms with Gasteiger partial charge in [-0.3, -0.25) is 0 Å². The maximum absolute atomic E-state index is 11.4. The quantitative estimate of drug-likeness (QED) is 0.766. The van der Waals surface area contributed by atoms with Gasteiger partial charge in [0.05, 0.1) is 5.69 Å². The first-order valence-corrected chi connectivity index (χ1v) is 7.07. The molecule has 2 heterocycles. The SMILES string of the molecule is CC(C)Cc1nc(S(C)(=O)=O)nc2ocnc12. The predicted octanol–water partition coefficient (Wildman–Crippen LogP) is 1.22. The molecule has 0 bridgehead atoms. The van der Waals surface area contributed by atoms with Crippen LogP contribution in [0.5, 0.6) is 0 Å². The zero-order valence-corrected chi connectivity index (χ0v) is 10.7. The number of rotatable bonds is 3. The van der Waals surface area contributed by atoms with Gasteiger partial charge < -0.3 is 4.42 Å². The van der Waals surface area contributed by atoms with Crippen molar-refractivity contribution in [2.45, 2.75) is 25.4 Å². The van der Waals surface area contributed by atoms with Crippen LogP contribution >= 0.6 is 0 Å². The molecule has 2 aromatic heterocycles. The molecule has 0 radical (unpaired) electrons. The van der Waals surface area contributed by atoms with Gasteiger partial charge in [-0.25, -0.2) is 18.4 Å². The van der Waals surface area contributed by atoms with Crippen LogP contribution in [0.25, 0.3) is 11.2 Å². The van der Waals surface area contributed by atoms with E-state index in [-0.39, 0.29) is 10.9 Å². The van der Waals surface area contributed by atoms with E-state index in [2.05, 4.69) is 15.0 Å². The third-order valence-electron chi connectivity index (χ3n) is 2.18. The molecule has 0 saturated heterocycles. The molecule has 17 heavy (non-hydrogen) atoms.